The molecule has 0 saturated heterocycles. The maximum atomic E-state index is 6.36. The SMILES string of the molecule is Cc1ccc(C2CC(C3=NOC4(C3)[C@H]3CC[C@H](C3)C4(C)C)=NN2c2ccccc2)cc1. The number of rotatable bonds is 3. The lowest BCUT2D eigenvalue weighted by molar-refractivity contribution is -0.135. The third-order valence-electron chi connectivity index (χ3n) is 8.68. The molecule has 0 radical (unpaired) electrons. The fourth-order valence-corrected chi connectivity index (χ4v) is 6.65. The first kappa shape index (κ1) is 19.1. The lowest BCUT2D eigenvalue weighted by Gasteiger charge is -2.44. The average molecular weight is 414 g/mol. The van der Waals surface area contributed by atoms with Gasteiger partial charge in [0, 0.05) is 24.2 Å². The number of aryl methyl sites for hydroxylation is 1. The molecule has 2 unspecified atom stereocenters. The van der Waals surface area contributed by atoms with Crippen LogP contribution in [0.3, 0.4) is 0 Å². The largest absolute Gasteiger partial charge is 0.388 e. The molecular formula is C27H31N3O. The van der Waals surface area contributed by atoms with E-state index in [0.717, 1.165) is 35.9 Å². The molecule has 2 heterocycles. The molecular weight excluding hydrogens is 382 g/mol. The van der Waals surface area contributed by atoms with Crippen molar-refractivity contribution >= 4 is 17.1 Å². The molecule has 4 heteroatoms. The van der Waals surface area contributed by atoms with Gasteiger partial charge < -0.3 is 4.84 Å². The van der Waals surface area contributed by atoms with Crippen LogP contribution in [-0.4, -0.2) is 17.0 Å². The lowest BCUT2D eigenvalue weighted by atomic mass is 9.63. The summed E-state index contributed by atoms with van der Waals surface area (Å²) in [4.78, 5) is 6.36. The number of anilines is 1. The van der Waals surface area contributed by atoms with Gasteiger partial charge in [0.25, 0.3) is 0 Å². The smallest absolute Gasteiger partial charge is 0.151 e. The highest BCUT2D eigenvalue weighted by molar-refractivity contribution is 6.43. The number of hydrogen-bond acceptors (Lipinski definition) is 4. The normalized spacial score (nSPS) is 33.0. The second-order valence-electron chi connectivity index (χ2n) is 10.5. The van der Waals surface area contributed by atoms with Crippen LogP contribution in [0.5, 0.6) is 0 Å². The summed E-state index contributed by atoms with van der Waals surface area (Å²) in [7, 11) is 0. The van der Waals surface area contributed by atoms with Crippen LogP contribution in [-0.2, 0) is 4.84 Å². The number of benzene rings is 2. The number of oxime groups is 1. The van der Waals surface area contributed by atoms with Crippen LogP contribution in [0.25, 0.3) is 0 Å². The van der Waals surface area contributed by atoms with Gasteiger partial charge >= 0.3 is 0 Å². The van der Waals surface area contributed by atoms with E-state index in [2.05, 4.69) is 80.4 Å². The van der Waals surface area contributed by atoms with Crippen LogP contribution >= 0.6 is 0 Å². The second-order valence-corrected chi connectivity index (χ2v) is 10.5. The van der Waals surface area contributed by atoms with Gasteiger partial charge in [0.15, 0.2) is 5.60 Å². The first-order valence-corrected chi connectivity index (χ1v) is 11.7. The minimum atomic E-state index is -0.132. The van der Waals surface area contributed by atoms with Crippen molar-refractivity contribution in [3.63, 3.8) is 0 Å². The molecule has 31 heavy (non-hydrogen) atoms. The third-order valence-corrected chi connectivity index (χ3v) is 8.68. The highest BCUT2D eigenvalue weighted by Gasteiger charge is 2.67. The van der Waals surface area contributed by atoms with Gasteiger partial charge in [-0.2, -0.15) is 5.10 Å². The molecule has 6 rings (SSSR count). The second kappa shape index (κ2) is 6.69. The molecule has 1 spiro atoms. The molecule has 2 aliphatic heterocycles. The molecule has 2 aromatic carbocycles. The number of hydrogen-bond donors (Lipinski definition) is 0. The van der Waals surface area contributed by atoms with Gasteiger partial charge in [-0.1, -0.05) is 67.0 Å². The summed E-state index contributed by atoms with van der Waals surface area (Å²) in [6.07, 6.45) is 5.69. The molecule has 0 aromatic heterocycles. The quantitative estimate of drug-likeness (QED) is 0.594. The summed E-state index contributed by atoms with van der Waals surface area (Å²) >= 11 is 0. The maximum Gasteiger partial charge on any atom is 0.151 e. The Morgan fingerprint density at radius 3 is 2.39 bits per heavy atom. The zero-order valence-electron chi connectivity index (χ0n) is 18.7. The van der Waals surface area contributed by atoms with Gasteiger partial charge in [0.1, 0.15) is 5.71 Å². The summed E-state index contributed by atoms with van der Waals surface area (Å²) in [5.74, 6) is 1.40. The number of para-hydroxylation sites is 1. The molecule has 2 aliphatic carbocycles. The molecule has 2 aromatic rings. The van der Waals surface area contributed by atoms with E-state index in [0.29, 0.717) is 5.92 Å². The molecule has 2 fully saturated rings. The van der Waals surface area contributed by atoms with Gasteiger partial charge in [0.2, 0.25) is 0 Å². The van der Waals surface area contributed by atoms with Crippen molar-refractivity contribution in [1.29, 1.82) is 0 Å². The van der Waals surface area contributed by atoms with Crippen LogP contribution in [0.4, 0.5) is 5.69 Å². The average Bonchev–Trinajstić information content (AvgIpc) is 3.54. The Morgan fingerprint density at radius 2 is 1.68 bits per heavy atom. The van der Waals surface area contributed by atoms with E-state index in [1.807, 2.05) is 0 Å². The van der Waals surface area contributed by atoms with Crippen LogP contribution in [0.2, 0.25) is 0 Å². The first-order valence-electron chi connectivity index (χ1n) is 11.7. The standard InChI is InChI=1S/C27H31N3O/c1-18-9-11-19(12-10-18)25-16-23(28-30(25)22-7-5-4-6-8-22)24-17-27(31-29-24)21-14-13-20(15-21)26(27,2)3/h4-12,20-21,25H,13-17H2,1-3H3/t20-,21+,25?,27?/m1/s1. The molecule has 4 aliphatic rings. The van der Waals surface area contributed by atoms with Crippen LogP contribution in [0, 0.1) is 24.2 Å². The lowest BCUT2D eigenvalue weighted by Crippen LogP contribution is -2.49. The Kier molecular flexibility index (Phi) is 4.12. The Labute approximate surface area is 185 Å². The fourth-order valence-electron chi connectivity index (χ4n) is 6.65. The zero-order chi connectivity index (χ0) is 21.2. The predicted molar refractivity (Wildman–Crippen MR) is 125 cm³/mol. The van der Waals surface area contributed by atoms with Gasteiger partial charge in [-0.15, -0.1) is 0 Å². The van der Waals surface area contributed by atoms with Gasteiger partial charge in [-0.05, 0) is 49.8 Å². The molecule has 0 amide bonds. The van der Waals surface area contributed by atoms with E-state index >= 15 is 0 Å². The van der Waals surface area contributed by atoms with Crippen molar-refractivity contribution in [1.82, 2.24) is 0 Å². The van der Waals surface area contributed by atoms with Crippen molar-refractivity contribution < 1.29 is 4.84 Å². The Balaban J connectivity index is 1.32. The monoisotopic (exact) mass is 413 g/mol. The van der Waals surface area contributed by atoms with E-state index in [4.69, 9.17) is 15.1 Å². The van der Waals surface area contributed by atoms with Gasteiger partial charge in [-0.25, -0.2) is 0 Å². The maximum absolute atomic E-state index is 6.36. The summed E-state index contributed by atoms with van der Waals surface area (Å²) in [6.45, 7) is 6.94. The molecule has 0 N–H and O–H groups in total. The number of hydrazone groups is 1. The van der Waals surface area contributed by atoms with E-state index in [9.17, 15) is 0 Å². The van der Waals surface area contributed by atoms with E-state index in [-0.39, 0.29) is 17.1 Å². The highest BCUT2D eigenvalue weighted by atomic mass is 16.7. The van der Waals surface area contributed by atoms with Crippen molar-refractivity contribution in [2.75, 3.05) is 5.01 Å². The molecule has 4 nitrogen and oxygen atoms in total. The number of nitrogens with zero attached hydrogens (tertiary/aromatic N) is 3. The summed E-state index contributed by atoms with van der Waals surface area (Å²) in [6, 6.07) is 19.5. The molecule has 2 saturated carbocycles. The fraction of sp³-hybridized carbons (Fsp3) is 0.481. The van der Waals surface area contributed by atoms with Crippen molar-refractivity contribution in [2.45, 2.75) is 64.5 Å². The van der Waals surface area contributed by atoms with Crippen LogP contribution in [0.15, 0.2) is 64.9 Å². The third kappa shape index (κ3) is 2.73. The zero-order valence-corrected chi connectivity index (χ0v) is 18.7. The Morgan fingerprint density at radius 1 is 0.935 bits per heavy atom. The number of fused-ring (bicyclic) bond motifs is 3. The predicted octanol–water partition coefficient (Wildman–Crippen LogP) is 6.27. The van der Waals surface area contributed by atoms with Crippen LogP contribution < -0.4 is 5.01 Å². The van der Waals surface area contributed by atoms with E-state index in [1.165, 1.54) is 30.4 Å². The van der Waals surface area contributed by atoms with Crippen molar-refractivity contribution in [3.05, 3.63) is 65.7 Å². The van der Waals surface area contributed by atoms with Crippen LogP contribution in [0.1, 0.15) is 63.1 Å². The van der Waals surface area contributed by atoms with E-state index in [1.54, 1.807) is 0 Å². The highest BCUT2D eigenvalue weighted by Crippen LogP contribution is 2.65. The minimum Gasteiger partial charge on any atom is -0.388 e. The van der Waals surface area contributed by atoms with E-state index < -0.39 is 0 Å². The Hall–Kier alpha value is -2.62. The van der Waals surface area contributed by atoms with Gasteiger partial charge in [0.05, 0.1) is 17.4 Å². The molecule has 2 bridgehead atoms. The van der Waals surface area contributed by atoms with Gasteiger partial charge in [-0.3, -0.25) is 5.01 Å². The Bertz CT molecular complexity index is 1060. The van der Waals surface area contributed by atoms with Crippen molar-refractivity contribution in [3.8, 4) is 0 Å². The first-order chi connectivity index (χ1) is 15.0. The van der Waals surface area contributed by atoms with Crippen molar-refractivity contribution in [2.24, 2.45) is 27.5 Å². The summed E-state index contributed by atoms with van der Waals surface area (Å²) < 4.78 is 0. The summed E-state index contributed by atoms with van der Waals surface area (Å²) in [5, 5.41) is 12.0. The topological polar surface area (TPSA) is 37.2 Å². The molecule has 4 atom stereocenters. The minimum absolute atomic E-state index is 0.132. The molecule has 160 valence electrons. The summed E-state index contributed by atoms with van der Waals surface area (Å²) in [5.41, 5.74) is 5.90.